The normalized spacial score (nSPS) is 11.0. The van der Waals surface area contributed by atoms with E-state index in [1.165, 1.54) is 0 Å². The lowest BCUT2D eigenvalue weighted by Gasteiger charge is -2.07. The van der Waals surface area contributed by atoms with Crippen LogP contribution in [0.5, 0.6) is 5.75 Å². The molecular weight excluding hydrogens is 360 g/mol. The molecule has 5 aromatic rings. The maximum absolute atomic E-state index is 13.1. The summed E-state index contributed by atoms with van der Waals surface area (Å²) in [5, 5.41) is 2.09. The number of para-hydroxylation sites is 1. The van der Waals surface area contributed by atoms with Crippen LogP contribution in [0.25, 0.3) is 21.8 Å². The van der Waals surface area contributed by atoms with Gasteiger partial charge in [0.05, 0.1) is 5.52 Å². The fourth-order valence-corrected chi connectivity index (χ4v) is 3.53. The third-order valence-corrected chi connectivity index (χ3v) is 5.01. The van der Waals surface area contributed by atoms with Gasteiger partial charge in [0, 0.05) is 28.0 Å². The molecule has 1 N–H and O–H groups in total. The van der Waals surface area contributed by atoms with E-state index >= 15 is 0 Å². The second-order valence-corrected chi connectivity index (χ2v) is 6.88. The largest absolute Gasteiger partial charge is 0.489 e. The van der Waals surface area contributed by atoms with Gasteiger partial charge in [-0.15, -0.1) is 0 Å². The van der Waals surface area contributed by atoms with E-state index in [9.17, 15) is 4.79 Å². The first-order valence-corrected chi connectivity index (χ1v) is 9.46. The minimum absolute atomic E-state index is 0.114. The number of nitrogens with one attached hydrogen (secondary N) is 1. The molecule has 0 aliphatic carbocycles. The number of nitrogens with zero attached hydrogens (tertiary/aromatic N) is 1. The Morgan fingerprint density at radius 1 is 0.828 bits per heavy atom. The van der Waals surface area contributed by atoms with Crippen molar-refractivity contribution in [3.05, 3.63) is 108 Å². The number of rotatable bonds is 5. The third kappa shape index (κ3) is 3.25. The molecular formula is C25H18N2O2. The molecule has 140 valence electrons. The Bertz CT molecular complexity index is 1310. The van der Waals surface area contributed by atoms with Crippen LogP contribution in [0.15, 0.2) is 91.1 Å². The summed E-state index contributed by atoms with van der Waals surface area (Å²) in [4.78, 5) is 20.8. The van der Waals surface area contributed by atoms with E-state index in [1.807, 2.05) is 72.8 Å². The zero-order valence-electron chi connectivity index (χ0n) is 15.6. The molecule has 2 heterocycles. The van der Waals surface area contributed by atoms with E-state index in [0.29, 0.717) is 17.9 Å². The predicted molar refractivity (Wildman–Crippen MR) is 114 cm³/mol. The number of carbonyl (C=O) groups is 1. The highest BCUT2D eigenvalue weighted by Crippen LogP contribution is 2.27. The Kier molecular flexibility index (Phi) is 4.30. The Hall–Kier alpha value is -3.92. The minimum atomic E-state index is -0.114. The molecule has 0 bridgehead atoms. The van der Waals surface area contributed by atoms with E-state index in [0.717, 1.165) is 33.1 Å². The summed E-state index contributed by atoms with van der Waals surface area (Å²) in [7, 11) is 0. The van der Waals surface area contributed by atoms with Crippen molar-refractivity contribution < 1.29 is 9.53 Å². The molecule has 0 aliphatic heterocycles. The summed E-state index contributed by atoms with van der Waals surface area (Å²) in [6, 6.07) is 27.1. The number of carbonyl (C=O) groups excluding carboxylic acids is 1. The number of fused-ring (bicyclic) bond motifs is 3. The molecule has 0 spiro atoms. The lowest BCUT2D eigenvalue weighted by molar-refractivity contribution is 0.103. The highest BCUT2D eigenvalue weighted by atomic mass is 16.5. The van der Waals surface area contributed by atoms with Gasteiger partial charge in [0.15, 0.2) is 0 Å². The second kappa shape index (κ2) is 7.24. The highest BCUT2D eigenvalue weighted by Gasteiger charge is 2.17. The first-order valence-electron chi connectivity index (χ1n) is 9.46. The second-order valence-electron chi connectivity index (χ2n) is 6.88. The number of benzene rings is 3. The molecule has 29 heavy (non-hydrogen) atoms. The topological polar surface area (TPSA) is 55.0 Å². The molecule has 0 fully saturated rings. The van der Waals surface area contributed by atoms with Crippen LogP contribution in [0.4, 0.5) is 0 Å². The van der Waals surface area contributed by atoms with E-state index < -0.39 is 0 Å². The molecule has 0 aliphatic rings. The smallest absolute Gasteiger partial charge is 0.213 e. The summed E-state index contributed by atoms with van der Waals surface area (Å²) < 4.78 is 5.81. The van der Waals surface area contributed by atoms with Crippen molar-refractivity contribution in [3.8, 4) is 5.75 Å². The maximum atomic E-state index is 13.1. The van der Waals surface area contributed by atoms with Crippen molar-refractivity contribution in [2.24, 2.45) is 0 Å². The Morgan fingerprint density at radius 2 is 1.59 bits per heavy atom. The number of hydrogen-bond donors (Lipinski definition) is 1. The quantitative estimate of drug-likeness (QED) is 0.409. The number of ketones is 1. The van der Waals surface area contributed by atoms with Crippen LogP contribution in [0.3, 0.4) is 0 Å². The van der Waals surface area contributed by atoms with Crippen molar-refractivity contribution in [2.75, 3.05) is 0 Å². The van der Waals surface area contributed by atoms with Gasteiger partial charge in [-0.3, -0.25) is 9.78 Å². The van der Waals surface area contributed by atoms with Gasteiger partial charge in [0.1, 0.15) is 18.1 Å². The van der Waals surface area contributed by atoms with Crippen molar-refractivity contribution in [1.82, 2.24) is 9.97 Å². The lowest BCUT2D eigenvalue weighted by Crippen LogP contribution is -2.05. The summed E-state index contributed by atoms with van der Waals surface area (Å²) >= 11 is 0. The first kappa shape index (κ1) is 17.2. The number of hydrogen-bond acceptors (Lipinski definition) is 3. The zero-order chi connectivity index (χ0) is 19.6. The molecule has 4 heteroatoms. The van der Waals surface area contributed by atoms with E-state index in [2.05, 4.69) is 9.97 Å². The van der Waals surface area contributed by atoms with Crippen LogP contribution in [0, 0.1) is 0 Å². The summed E-state index contributed by atoms with van der Waals surface area (Å²) in [6.07, 6.45) is 1.69. The van der Waals surface area contributed by atoms with Crippen LogP contribution >= 0.6 is 0 Å². The van der Waals surface area contributed by atoms with Gasteiger partial charge in [0.2, 0.25) is 5.78 Å². The summed E-state index contributed by atoms with van der Waals surface area (Å²) in [5.74, 6) is 0.610. The molecule has 0 saturated heterocycles. The van der Waals surface area contributed by atoms with Gasteiger partial charge in [0.25, 0.3) is 0 Å². The van der Waals surface area contributed by atoms with Crippen LogP contribution < -0.4 is 4.74 Å². The van der Waals surface area contributed by atoms with E-state index in [4.69, 9.17) is 4.74 Å². The SMILES string of the molecule is O=C(c1ccc(OCc2ccccc2)cc1)c1nccc2c1[nH]c1ccccc12. The molecule has 0 radical (unpaired) electrons. The summed E-state index contributed by atoms with van der Waals surface area (Å²) in [6.45, 7) is 0.490. The monoisotopic (exact) mass is 378 g/mol. The molecule has 0 unspecified atom stereocenters. The number of aromatic nitrogens is 2. The average Bonchev–Trinajstić information content (AvgIpc) is 3.17. The number of ether oxygens (including phenoxy) is 1. The predicted octanol–water partition coefficient (Wildman–Crippen LogP) is 5.53. The van der Waals surface area contributed by atoms with Crippen molar-refractivity contribution in [2.45, 2.75) is 6.61 Å². The molecule has 2 aromatic heterocycles. The van der Waals surface area contributed by atoms with Crippen molar-refractivity contribution in [3.63, 3.8) is 0 Å². The standard InChI is InChI=1S/C25H18N2O2/c28-25(18-10-12-19(13-11-18)29-16-17-6-2-1-3-7-17)24-23-21(14-15-26-24)20-8-4-5-9-22(20)27-23/h1-15,27H,16H2. The number of H-pyrrole nitrogens is 1. The van der Waals surface area contributed by atoms with Gasteiger partial charge in [-0.1, -0.05) is 48.5 Å². The molecule has 3 aromatic carbocycles. The Labute approximate surface area is 167 Å². The molecule has 5 rings (SSSR count). The maximum Gasteiger partial charge on any atom is 0.213 e. The van der Waals surface area contributed by atoms with E-state index in [1.54, 1.807) is 18.3 Å². The van der Waals surface area contributed by atoms with Gasteiger partial charge >= 0.3 is 0 Å². The van der Waals surface area contributed by atoms with Crippen LogP contribution in [0.1, 0.15) is 21.6 Å². The minimum Gasteiger partial charge on any atom is -0.489 e. The number of aromatic amines is 1. The van der Waals surface area contributed by atoms with Crippen LogP contribution in [-0.2, 0) is 6.61 Å². The lowest BCUT2D eigenvalue weighted by atomic mass is 10.1. The first-order chi connectivity index (χ1) is 14.3. The number of pyridine rings is 1. The average molecular weight is 378 g/mol. The van der Waals surface area contributed by atoms with E-state index in [-0.39, 0.29) is 5.78 Å². The highest BCUT2D eigenvalue weighted by molar-refractivity contribution is 6.18. The van der Waals surface area contributed by atoms with Crippen molar-refractivity contribution >= 4 is 27.6 Å². The fourth-order valence-electron chi connectivity index (χ4n) is 3.53. The Morgan fingerprint density at radius 3 is 2.41 bits per heavy atom. The molecule has 0 saturated carbocycles. The molecule has 0 atom stereocenters. The van der Waals surface area contributed by atoms with Crippen molar-refractivity contribution in [1.29, 1.82) is 0 Å². The van der Waals surface area contributed by atoms with Gasteiger partial charge < -0.3 is 9.72 Å². The van der Waals surface area contributed by atoms with Gasteiger partial charge in [-0.25, -0.2) is 0 Å². The van der Waals surface area contributed by atoms with Crippen LogP contribution in [0.2, 0.25) is 0 Å². The van der Waals surface area contributed by atoms with Gasteiger partial charge in [-0.2, -0.15) is 0 Å². The summed E-state index contributed by atoms with van der Waals surface area (Å²) in [5.41, 5.74) is 3.87. The third-order valence-electron chi connectivity index (χ3n) is 5.01. The fraction of sp³-hybridized carbons (Fsp3) is 0.0400. The van der Waals surface area contributed by atoms with Crippen LogP contribution in [-0.4, -0.2) is 15.8 Å². The van der Waals surface area contributed by atoms with Gasteiger partial charge in [-0.05, 0) is 42.0 Å². The zero-order valence-corrected chi connectivity index (χ0v) is 15.6. The molecule has 0 amide bonds. The Balaban J connectivity index is 1.42. The molecule has 4 nitrogen and oxygen atoms in total.